The summed E-state index contributed by atoms with van der Waals surface area (Å²) in [6.07, 6.45) is 4.96. The summed E-state index contributed by atoms with van der Waals surface area (Å²) >= 11 is 0. The number of rotatable bonds is 2. The minimum atomic E-state index is 0. The van der Waals surface area contributed by atoms with E-state index in [1.807, 2.05) is 22.4 Å². The SMILES string of the molecule is Cn1n[c-]c2c1c1ccc(-c3cccc(-n4c5ccccc5c5ccccc54)c3)cc1c1ccnn21.[Ir]. The van der Waals surface area contributed by atoms with Crippen LogP contribution in [0, 0.1) is 6.20 Å². The van der Waals surface area contributed by atoms with Gasteiger partial charge in [-0.1, -0.05) is 83.3 Å². The van der Waals surface area contributed by atoms with E-state index >= 15 is 0 Å². The largest absolute Gasteiger partial charge is 0.362 e. The van der Waals surface area contributed by atoms with Gasteiger partial charge >= 0.3 is 0 Å². The van der Waals surface area contributed by atoms with Crippen LogP contribution in [0.25, 0.3) is 65.9 Å². The van der Waals surface area contributed by atoms with Gasteiger partial charge in [0.15, 0.2) is 0 Å². The van der Waals surface area contributed by atoms with Crippen molar-refractivity contribution < 1.29 is 20.1 Å². The van der Waals surface area contributed by atoms with Crippen LogP contribution in [0.1, 0.15) is 0 Å². The standard InChI is InChI=1S/C31H20N5.Ir/c1-34-31-25-14-13-21(18-26(25)29-15-16-32-36(29)30(31)19-33-34)20-7-6-8-22(17-20)35-27-11-4-2-9-23(27)24-10-3-5-12-28(24)35;/h2-18H,1H3;/q-1;. The van der Waals surface area contributed by atoms with Crippen LogP contribution in [-0.4, -0.2) is 24.0 Å². The number of hydrogen-bond donors (Lipinski definition) is 0. The zero-order valence-corrected chi connectivity index (χ0v) is 22.3. The van der Waals surface area contributed by atoms with E-state index < -0.39 is 0 Å². The average Bonchev–Trinajstić information content (AvgIpc) is 3.64. The number of benzene rings is 4. The molecule has 0 aliphatic heterocycles. The van der Waals surface area contributed by atoms with Crippen LogP contribution in [0.2, 0.25) is 0 Å². The summed E-state index contributed by atoms with van der Waals surface area (Å²) < 4.78 is 6.17. The molecule has 179 valence electrons. The maximum atomic E-state index is 4.55. The molecule has 8 aromatic rings. The summed E-state index contributed by atoms with van der Waals surface area (Å²) in [5.41, 5.74) is 8.90. The van der Waals surface area contributed by atoms with Crippen molar-refractivity contribution in [2.24, 2.45) is 7.05 Å². The molecule has 0 saturated heterocycles. The molecule has 4 heterocycles. The van der Waals surface area contributed by atoms with E-state index in [2.05, 4.69) is 118 Å². The van der Waals surface area contributed by atoms with E-state index in [0.717, 1.165) is 33.0 Å². The minimum Gasteiger partial charge on any atom is -0.362 e. The number of pyridine rings is 1. The Morgan fingerprint density at radius 3 is 2.16 bits per heavy atom. The first-order valence-corrected chi connectivity index (χ1v) is 12.0. The van der Waals surface area contributed by atoms with Crippen molar-refractivity contribution in [3.8, 4) is 16.8 Å². The molecule has 37 heavy (non-hydrogen) atoms. The third kappa shape index (κ3) is 3.06. The molecule has 8 rings (SSSR count). The Hall–Kier alpha value is -4.25. The summed E-state index contributed by atoms with van der Waals surface area (Å²) in [6, 6.07) is 34.8. The zero-order chi connectivity index (χ0) is 23.8. The molecule has 6 heteroatoms. The summed E-state index contributed by atoms with van der Waals surface area (Å²) in [7, 11) is 1.96. The molecule has 0 spiro atoms. The van der Waals surface area contributed by atoms with Gasteiger partial charge in [-0.3, -0.25) is 4.52 Å². The Bertz CT molecular complexity index is 2080. The first kappa shape index (κ1) is 22.0. The Balaban J connectivity index is 0.00000231. The van der Waals surface area contributed by atoms with Crippen molar-refractivity contribution in [3.63, 3.8) is 0 Å². The zero-order valence-electron chi connectivity index (χ0n) is 19.9. The van der Waals surface area contributed by atoms with Crippen LogP contribution in [0.3, 0.4) is 0 Å². The van der Waals surface area contributed by atoms with Crippen LogP contribution < -0.4 is 0 Å². The Labute approximate surface area is 225 Å². The third-order valence-electron chi connectivity index (χ3n) is 7.28. The van der Waals surface area contributed by atoms with Crippen molar-refractivity contribution >= 4 is 49.1 Å². The number of aryl methyl sites for hydroxylation is 1. The Kier molecular flexibility index (Phi) is 4.83. The van der Waals surface area contributed by atoms with Gasteiger partial charge in [0.1, 0.15) is 0 Å². The van der Waals surface area contributed by atoms with E-state index in [9.17, 15) is 0 Å². The van der Waals surface area contributed by atoms with Crippen molar-refractivity contribution in [1.29, 1.82) is 0 Å². The van der Waals surface area contributed by atoms with E-state index in [1.54, 1.807) is 0 Å². The maximum Gasteiger partial charge on any atom is 0.0697 e. The molecule has 0 atom stereocenters. The molecular weight excluding hydrogens is 635 g/mol. The molecule has 4 aromatic carbocycles. The van der Waals surface area contributed by atoms with Crippen molar-refractivity contribution in [2.45, 2.75) is 0 Å². The molecule has 0 aliphatic rings. The summed E-state index contributed by atoms with van der Waals surface area (Å²) in [5, 5.41) is 13.8. The van der Waals surface area contributed by atoms with Gasteiger partial charge in [-0.2, -0.15) is 5.10 Å². The van der Waals surface area contributed by atoms with Gasteiger partial charge in [0, 0.05) is 49.8 Å². The second-order valence-corrected chi connectivity index (χ2v) is 9.24. The quantitative estimate of drug-likeness (QED) is 0.190. The molecule has 4 aromatic heterocycles. The van der Waals surface area contributed by atoms with Gasteiger partial charge in [0.2, 0.25) is 0 Å². The fraction of sp³-hybridized carbons (Fsp3) is 0.0323. The van der Waals surface area contributed by atoms with Gasteiger partial charge in [0.05, 0.1) is 16.6 Å². The summed E-state index contributed by atoms with van der Waals surface area (Å²) in [6.45, 7) is 0. The molecule has 1 radical (unpaired) electrons. The van der Waals surface area contributed by atoms with Crippen molar-refractivity contribution in [3.05, 3.63) is 109 Å². The average molecular weight is 655 g/mol. The topological polar surface area (TPSA) is 40.0 Å². The minimum absolute atomic E-state index is 0. The fourth-order valence-electron chi connectivity index (χ4n) is 5.68. The molecule has 0 unspecified atom stereocenters. The van der Waals surface area contributed by atoms with Gasteiger partial charge in [0.25, 0.3) is 0 Å². The molecule has 0 aliphatic carbocycles. The molecular formula is C31H20IrN5-. The smallest absolute Gasteiger partial charge is 0.0697 e. The maximum absolute atomic E-state index is 4.55. The van der Waals surface area contributed by atoms with E-state index in [1.165, 1.54) is 32.9 Å². The van der Waals surface area contributed by atoms with Crippen molar-refractivity contribution in [1.82, 2.24) is 24.0 Å². The third-order valence-corrected chi connectivity index (χ3v) is 7.28. The van der Waals surface area contributed by atoms with E-state index in [-0.39, 0.29) is 20.1 Å². The van der Waals surface area contributed by atoms with Crippen LogP contribution in [0.5, 0.6) is 0 Å². The number of para-hydroxylation sites is 2. The van der Waals surface area contributed by atoms with E-state index in [4.69, 9.17) is 0 Å². The summed E-state index contributed by atoms with van der Waals surface area (Å²) in [5.74, 6) is 0. The number of nitrogens with zero attached hydrogens (tertiary/aromatic N) is 5. The van der Waals surface area contributed by atoms with Crippen LogP contribution >= 0.6 is 0 Å². The predicted octanol–water partition coefficient (Wildman–Crippen LogP) is 6.94. The molecule has 0 saturated carbocycles. The summed E-state index contributed by atoms with van der Waals surface area (Å²) in [4.78, 5) is 0. The molecule has 0 bridgehead atoms. The number of hydrogen-bond acceptors (Lipinski definition) is 2. The molecule has 0 fully saturated rings. The van der Waals surface area contributed by atoms with Gasteiger partial charge < -0.3 is 14.3 Å². The Morgan fingerprint density at radius 1 is 0.649 bits per heavy atom. The van der Waals surface area contributed by atoms with Gasteiger partial charge in [-0.05, 0) is 52.9 Å². The molecule has 5 nitrogen and oxygen atoms in total. The first-order valence-electron chi connectivity index (χ1n) is 12.0. The van der Waals surface area contributed by atoms with Crippen LogP contribution in [0.4, 0.5) is 0 Å². The molecule has 0 amide bonds. The van der Waals surface area contributed by atoms with Crippen molar-refractivity contribution in [2.75, 3.05) is 0 Å². The fourth-order valence-corrected chi connectivity index (χ4v) is 5.68. The predicted molar refractivity (Wildman–Crippen MR) is 146 cm³/mol. The van der Waals surface area contributed by atoms with Gasteiger partial charge in [-0.25, -0.2) is 0 Å². The number of aromatic nitrogens is 5. The first-order chi connectivity index (χ1) is 17.8. The number of fused-ring (bicyclic) bond motifs is 9. The normalized spacial score (nSPS) is 11.7. The Morgan fingerprint density at radius 2 is 1.38 bits per heavy atom. The van der Waals surface area contributed by atoms with Crippen LogP contribution in [-0.2, 0) is 27.2 Å². The van der Waals surface area contributed by atoms with Crippen LogP contribution in [0.15, 0.2) is 103 Å². The second kappa shape index (κ2) is 8.13. The van der Waals surface area contributed by atoms with Gasteiger partial charge in [-0.15, -0.1) is 0 Å². The monoisotopic (exact) mass is 655 g/mol. The second-order valence-electron chi connectivity index (χ2n) is 9.24. The molecule has 0 N–H and O–H groups in total. The van der Waals surface area contributed by atoms with E-state index in [0.29, 0.717) is 0 Å².